The summed E-state index contributed by atoms with van der Waals surface area (Å²) in [4.78, 5) is 12.6. The predicted octanol–water partition coefficient (Wildman–Crippen LogP) is 4.63. The van der Waals surface area contributed by atoms with Gasteiger partial charge in [-0.25, -0.2) is 0 Å². The number of thioether (sulfide) groups is 1. The lowest BCUT2D eigenvalue weighted by molar-refractivity contribution is -0.113. The van der Waals surface area contributed by atoms with E-state index in [9.17, 15) is 4.79 Å². The number of carbonyl (C=O) groups excluding carboxylic acids is 1. The molecule has 1 N–H and O–H groups in total. The molecule has 1 aromatic carbocycles. The van der Waals surface area contributed by atoms with Gasteiger partial charge in [-0.15, -0.1) is 21.5 Å². The van der Waals surface area contributed by atoms with Gasteiger partial charge in [-0.2, -0.15) is 0 Å². The molecule has 0 radical (unpaired) electrons. The lowest BCUT2D eigenvalue weighted by Gasteiger charge is -1.98. The smallest absolute Gasteiger partial charge is 0.277 e. The number of hydrogen-bond acceptors (Lipinski definition) is 8. The Kier molecular flexibility index (Phi) is 4.66. The van der Waals surface area contributed by atoms with Gasteiger partial charge in [0.2, 0.25) is 5.91 Å². The molecule has 4 aromatic rings. The summed E-state index contributed by atoms with van der Waals surface area (Å²) in [6, 6.07) is 9.44. The van der Waals surface area contributed by atoms with Gasteiger partial charge in [0.15, 0.2) is 5.82 Å². The summed E-state index contributed by atoms with van der Waals surface area (Å²) in [6.45, 7) is 1.75. The van der Waals surface area contributed by atoms with E-state index in [1.54, 1.807) is 13.0 Å². The van der Waals surface area contributed by atoms with E-state index in [0.717, 1.165) is 26.7 Å². The molecule has 0 aliphatic heterocycles. The summed E-state index contributed by atoms with van der Waals surface area (Å²) >= 11 is 9.03. The minimum Gasteiger partial charge on any atom is -0.410 e. The number of thiophene rings is 1. The van der Waals surface area contributed by atoms with Crippen molar-refractivity contribution in [2.45, 2.75) is 12.1 Å². The van der Waals surface area contributed by atoms with Crippen molar-refractivity contribution in [3.8, 4) is 10.8 Å². The number of aryl methyl sites for hydroxylation is 1. The van der Waals surface area contributed by atoms with Gasteiger partial charge in [0, 0.05) is 16.2 Å². The van der Waals surface area contributed by atoms with E-state index in [1.807, 2.05) is 24.3 Å². The van der Waals surface area contributed by atoms with Gasteiger partial charge >= 0.3 is 0 Å². The fourth-order valence-corrected chi connectivity index (χ4v) is 4.24. The Morgan fingerprint density at radius 1 is 1.35 bits per heavy atom. The SMILES string of the molecule is Cc1cc(NC(=O)CSc2nnc(-c3sc4ccccc4c3Cl)o2)no1. The Morgan fingerprint density at radius 3 is 2.96 bits per heavy atom. The first-order valence-electron chi connectivity index (χ1n) is 7.47. The number of rotatable bonds is 5. The minimum absolute atomic E-state index is 0.105. The summed E-state index contributed by atoms with van der Waals surface area (Å²) in [5.41, 5.74) is 0. The van der Waals surface area contributed by atoms with E-state index >= 15 is 0 Å². The monoisotopic (exact) mass is 406 g/mol. The molecule has 0 aliphatic rings. The number of hydrogen-bond donors (Lipinski definition) is 1. The quantitative estimate of drug-likeness (QED) is 0.482. The predicted molar refractivity (Wildman–Crippen MR) is 101 cm³/mol. The maximum Gasteiger partial charge on any atom is 0.277 e. The van der Waals surface area contributed by atoms with Crippen LogP contribution in [-0.4, -0.2) is 27.0 Å². The van der Waals surface area contributed by atoms with Crippen molar-refractivity contribution in [2.75, 3.05) is 11.1 Å². The molecule has 0 fully saturated rings. The first-order valence-corrected chi connectivity index (χ1v) is 9.65. The van der Waals surface area contributed by atoms with Crippen LogP contribution < -0.4 is 5.32 Å². The third-order valence-corrected chi connectivity index (χ3v) is 5.84. The molecule has 0 unspecified atom stereocenters. The molecule has 1 amide bonds. The Labute approximate surface area is 160 Å². The molecule has 0 saturated heterocycles. The third-order valence-electron chi connectivity index (χ3n) is 3.36. The first-order chi connectivity index (χ1) is 12.6. The van der Waals surface area contributed by atoms with Crippen LogP contribution in [0, 0.1) is 6.92 Å². The van der Waals surface area contributed by atoms with E-state index in [0.29, 0.717) is 27.7 Å². The maximum absolute atomic E-state index is 11.9. The number of nitrogens with zero attached hydrogens (tertiary/aromatic N) is 3. The minimum atomic E-state index is -0.247. The standard InChI is InChI=1S/C16H11ClN4O3S2/c1-8-6-11(21-24-8)18-12(22)7-25-16-20-19-15(23-16)14-13(17)9-4-2-3-5-10(9)26-14/h2-6H,7H2,1H3,(H,18,21,22). The normalized spacial score (nSPS) is 11.2. The van der Waals surface area contributed by atoms with Gasteiger partial charge < -0.3 is 14.3 Å². The van der Waals surface area contributed by atoms with Gasteiger partial charge in [0.25, 0.3) is 11.1 Å². The van der Waals surface area contributed by atoms with Crippen molar-refractivity contribution in [1.29, 1.82) is 0 Å². The molecular weight excluding hydrogens is 396 g/mol. The average Bonchev–Trinajstić information content (AvgIpc) is 3.33. The van der Waals surface area contributed by atoms with Crippen LogP contribution in [0.3, 0.4) is 0 Å². The molecule has 3 heterocycles. The van der Waals surface area contributed by atoms with Crippen LogP contribution in [0.15, 0.2) is 44.5 Å². The highest BCUT2D eigenvalue weighted by Gasteiger charge is 2.18. The van der Waals surface area contributed by atoms with Crippen LogP contribution in [-0.2, 0) is 4.79 Å². The molecule has 0 bridgehead atoms. The number of carbonyl (C=O) groups is 1. The van der Waals surface area contributed by atoms with E-state index < -0.39 is 0 Å². The van der Waals surface area contributed by atoms with Crippen LogP contribution in [0.4, 0.5) is 5.82 Å². The molecule has 0 spiro atoms. The van der Waals surface area contributed by atoms with E-state index in [2.05, 4.69) is 20.7 Å². The zero-order chi connectivity index (χ0) is 18.1. The van der Waals surface area contributed by atoms with Crippen LogP contribution in [0.1, 0.15) is 5.76 Å². The fraction of sp³-hybridized carbons (Fsp3) is 0.125. The summed E-state index contributed by atoms with van der Waals surface area (Å²) in [7, 11) is 0. The molecule has 0 saturated carbocycles. The highest BCUT2D eigenvalue weighted by atomic mass is 35.5. The van der Waals surface area contributed by atoms with Gasteiger partial charge in [0.05, 0.1) is 10.8 Å². The molecule has 132 valence electrons. The van der Waals surface area contributed by atoms with Gasteiger partial charge in [-0.1, -0.05) is 46.7 Å². The van der Waals surface area contributed by atoms with Gasteiger partial charge in [-0.3, -0.25) is 4.79 Å². The van der Waals surface area contributed by atoms with Crippen molar-refractivity contribution in [3.05, 3.63) is 41.1 Å². The van der Waals surface area contributed by atoms with Gasteiger partial charge in [-0.05, 0) is 13.0 Å². The topological polar surface area (TPSA) is 94.1 Å². The number of benzene rings is 1. The summed E-state index contributed by atoms with van der Waals surface area (Å²) in [5, 5.41) is 16.2. The number of fused-ring (bicyclic) bond motifs is 1. The van der Waals surface area contributed by atoms with Crippen LogP contribution in [0.5, 0.6) is 0 Å². The van der Waals surface area contributed by atoms with Crippen LogP contribution in [0.25, 0.3) is 20.9 Å². The van der Waals surface area contributed by atoms with Gasteiger partial charge in [0.1, 0.15) is 10.6 Å². The van der Waals surface area contributed by atoms with Crippen molar-refractivity contribution < 1.29 is 13.7 Å². The number of halogens is 1. The number of aromatic nitrogens is 3. The first kappa shape index (κ1) is 17.1. The summed E-state index contributed by atoms with van der Waals surface area (Å²) < 4.78 is 11.6. The molecule has 26 heavy (non-hydrogen) atoms. The van der Waals surface area contributed by atoms with Crippen molar-refractivity contribution in [1.82, 2.24) is 15.4 Å². The molecule has 0 aliphatic carbocycles. The lowest BCUT2D eigenvalue weighted by Crippen LogP contribution is -2.14. The van der Waals surface area contributed by atoms with Crippen LogP contribution >= 0.6 is 34.7 Å². The molecular formula is C16H11ClN4O3S2. The van der Waals surface area contributed by atoms with Crippen molar-refractivity contribution >= 4 is 56.5 Å². The van der Waals surface area contributed by atoms with E-state index in [4.69, 9.17) is 20.5 Å². The number of amides is 1. The summed E-state index contributed by atoms with van der Waals surface area (Å²) in [6.07, 6.45) is 0. The molecule has 10 heteroatoms. The number of nitrogens with one attached hydrogen (secondary N) is 1. The highest BCUT2D eigenvalue weighted by molar-refractivity contribution is 7.99. The molecule has 4 rings (SSSR count). The van der Waals surface area contributed by atoms with Crippen molar-refractivity contribution in [2.24, 2.45) is 0 Å². The molecule has 0 atom stereocenters. The zero-order valence-electron chi connectivity index (χ0n) is 13.4. The number of anilines is 1. The zero-order valence-corrected chi connectivity index (χ0v) is 15.7. The Balaban J connectivity index is 1.44. The maximum atomic E-state index is 11.9. The molecule has 7 nitrogen and oxygen atoms in total. The van der Waals surface area contributed by atoms with Crippen LogP contribution in [0.2, 0.25) is 5.02 Å². The Hall–Kier alpha value is -2.36. The van der Waals surface area contributed by atoms with E-state index in [-0.39, 0.29) is 11.7 Å². The second kappa shape index (κ2) is 7.10. The second-order valence-corrected chi connectivity index (χ2v) is 7.63. The Bertz CT molecular complexity index is 1090. The lowest BCUT2D eigenvalue weighted by atomic mass is 10.2. The second-order valence-electron chi connectivity index (χ2n) is 5.27. The highest BCUT2D eigenvalue weighted by Crippen LogP contribution is 2.41. The van der Waals surface area contributed by atoms with Crippen molar-refractivity contribution in [3.63, 3.8) is 0 Å². The third kappa shape index (κ3) is 3.46. The Morgan fingerprint density at radius 2 is 2.19 bits per heavy atom. The largest absolute Gasteiger partial charge is 0.410 e. The average molecular weight is 407 g/mol. The van der Waals surface area contributed by atoms with E-state index in [1.165, 1.54) is 11.3 Å². The summed E-state index contributed by atoms with van der Waals surface area (Å²) in [5.74, 6) is 1.19. The fourth-order valence-electron chi connectivity index (χ4n) is 2.24. The molecule has 3 aromatic heterocycles.